The Kier molecular flexibility index (Phi) is 3.00. The van der Waals surface area contributed by atoms with E-state index < -0.39 is 5.79 Å². The first-order valence-electron chi connectivity index (χ1n) is 5.01. The Morgan fingerprint density at radius 1 is 1.27 bits per heavy atom. The van der Waals surface area contributed by atoms with Crippen molar-refractivity contribution in [2.75, 3.05) is 19.8 Å². The van der Waals surface area contributed by atoms with Crippen LogP contribution in [-0.2, 0) is 15.3 Å². The molecule has 0 aromatic heterocycles. The fourth-order valence-electron chi connectivity index (χ4n) is 1.85. The van der Waals surface area contributed by atoms with Gasteiger partial charge in [-0.1, -0.05) is 18.2 Å². The number of hydrogen-bond donors (Lipinski definition) is 1. The molecule has 1 fully saturated rings. The molecule has 0 unspecified atom stereocenters. The third-order valence-electron chi connectivity index (χ3n) is 2.51. The molecular formula is C11H14FNO2. The van der Waals surface area contributed by atoms with Gasteiger partial charge in [-0.15, -0.1) is 0 Å². The Morgan fingerprint density at radius 3 is 2.53 bits per heavy atom. The molecule has 2 rings (SSSR count). The molecule has 4 heteroatoms. The van der Waals surface area contributed by atoms with Crippen molar-refractivity contribution >= 4 is 0 Å². The second kappa shape index (κ2) is 4.26. The van der Waals surface area contributed by atoms with E-state index in [2.05, 4.69) is 0 Å². The van der Waals surface area contributed by atoms with Gasteiger partial charge in [0.05, 0.1) is 13.2 Å². The average Bonchev–Trinajstić information content (AvgIpc) is 2.69. The highest BCUT2D eigenvalue weighted by molar-refractivity contribution is 5.23. The lowest BCUT2D eigenvalue weighted by Gasteiger charge is -2.27. The van der Waals surface area contributed by atoms with E-state index in [-0.39, 0.29) is 5.82 Å². The predicted molar refractivity (Wildman–Crippen MR) is 53.7 cm³/mol. The van der Waals surface area contributed by atoms with E-state index in [4.69, 9.17) is 15.2 Å². The van der Waals surface area contributed by atoms with E-state index in [1.165, 1.54) is 6.07 Å². The molecule has 0 bridgehead atoms. The molecule has 1 aliphatic heterocycles. The second-order valence-corrected chi connectivity index (χ2v) is 3.47. The maximum absolute atomic E-state index is 13.6. The molecule has 0 radical (unpaired) electrons. The maximum atomic E-state index is 13.6. The molecule has 15 heavy (non-hydrogen) atoms. The van der Waals surface area contributed by atoms with Crippen LogP contribution in [0.25, 0.3) is 0 Å². The number of halogens is 1. The Balaban J connectivity index is 2.36. The smallest absolute Gasteiger partial charge is 0.199 e. The highest BCUT2D eigenvalue weighted by Crippen LogP contribution is 2.35. The lowest BCUT2D eigenvalue weighted by atomic mass is 10.0. The van der Waals surface area contributed by atoms with E-state index in [9.17, 15) is 4.39 Å². The molecule has 3 nitrogen and oxygen atoms in total. The van der Waals surface area contributed by atoms with Crippen molar-refractivity contribution < 1.29 is 13.9 Å². The first kappa shape index (κ1) is 10.5. The summed E-state index contributed by atoms with van der Waals surface area (Å²) in [5, 5.41) is 0. The molecule has 82 valence electrons. The third kappa shape index (κ3) is 1.88. The lowest BCUT2D eigenvalue weighted by Crippen LogP contribution is -2.31. The van der Waals surface area contributed by atoms with Crippen LogP contribution in [0, 0.1) is 5.82 Å². The molecule has 1 aliphatic rings. The largest absolute Gasteiger partial charge is 0.343 e. The van der Waals surface area contributed by atoms with Crippen LogP contribution in [-0.4, -0.2) is 19.8 Å². The summed E-state index contributed by atoms with van der Waals surface area (Å²) < 4.78 is 24.6. The van der Waals surface area contributed by atoms with E-state index in [1.807, 2.05) is 0 Å². The molecule has 1 heterocycles. The molecule has 1 saturated heterocycles. The van der Waals surface area contributed by atoms with Gasteiger partial charge in [0.1, 0.15) is 5.82 Å². The number of nitrogens with two attached hydrogens (primary N) is 1. The lowest BCUT2D eigenvalue weighted by molar-refractivity contribution is -0.170. The first-order chi connectivity index (χ1) is 7.28. The molecule has 1 aromatic carbocycles. The maximum Gasteiger partial charge on any atom is 0.199 e. The van der Waals surface area contributed by atoms with Crippen molar-refractivity contribution in [1.82, 2.24) is 0 Å². The molecule has 1 aromatic rings. The second-order valence-electron chi connectivity index (χ2n) is 3.47. The van der Waals surface area contributed by atoms with Gasteiger partial charge >= 0.3 is 0 Å². The van der Waals surface area contributed by atoms with Gasteiger partial charge in [-0.3, -0.25) is 0 Å². The average molecular weight is 211 g/mol. The number of benzene rings is 1. The van der Waals surface area contributed by atoms with E-state index in [1.54, 1.807) is 18.2 Å². The molecule has 0 aliphatic carbocycles. The van der Waals surface area contributed by atoms with Crippen molar-refractivity contribution in [2.45, 2.75) is 12.2 Å². The molecule has 0 saturated carbocycles. The minimum atomic E-state index is -0.972. The fraction of sp³-hybridized carbons (Fsp3) is 0.455. The standard InChI is InChI=1S/C11H14FNO2/c12-10-4-2-1-3-9(10)11(5-6-13)14-7-8-15-11/h1-4H,5-8,13H2. The SMILES string of the molecule is NCCC1(c2ccccc2F)OCCO1. The van der Waals surface area contributed by atoms with Gasteiger partial charge in [0.25, 0.3) is 0 Å². The zero-order valence-corrected chi connectivity index (χ0v) is 8.41. The summed E-state index contributed by atoms with van der Waals surface area (Å²) in [6, 6.07) is 6.49. The van der Waals surface area contributed by atoms with Crippen LogP contribution in [0.2, 0.25) is 0 Å². The zero-order valence-electron chi connectivity index (χ0n) is 8.41. The molecular weight excluding hydrogens is 197 g/mol. The van der Waals surface area contributed by atoms with Crippen LogP contribution in [0.4, 0.5) is 4.39 Å². The summed E-state index contributed by atoms with van der Waals surface area (Å²) in [6.45, 7) is 1.36. The molecule has 2 N–H and O–H groups in total. The van der Waals surface area contributed by atoms with Gasteiger partial charge in [0.2, 0.25) is 0 Å². The Bertz CT molecular complexity index is 337. The normalized spacial score (nSPS) is 19.3. The van der Waals surface area contributed by atoms with Gasteiger partial charge in [-0.05, 0) is 12.6 Å². The quantitative estimate of drug-likeness (QED) is 0.821. The van der Waals surface area contributed by atoms with Crippen molar-refractivity contribution in [2.24, 2.45) is 5.73 Å². The van der Waals surface area contributed by atoms with Crippen molar-refractivity contribution in [1.29, 1.82) is 0 Å². The number of hydrogen-bond acceptors (Lipinski definition) is 3. The van der Waals surface area contributed by atoms with Gasteiger partial charge in [-0.2, -0.15) is 0 Å². The molecule has 0 atom stereocenters. The van der Waals surface area contributed by atoms with Crippen molar-refractivity contribution in [3.05, 3.63) is 35.6 Å². The third-order valence-corrected chi connectivity index (χ3v) is 2.51. The monoisotopic (exact) mass is 211 g/mol. The van der Waals surface area contributed by atoms with Crippen molar-refractivity contribution in [3.8, 4) is 0 Å². The topological polar surface area (TPSA) is 44.5 Å². The van der Waals surface area contributed by atoms with Gasteiger partial charge < -0.3 is 15.2 Å². The van der Waals surface area contributed by atoms with Crippen LogP contribution < -0.4 is 5.73 Å². The van der Waals surface area contributed by atoms with Gasteiger partial charge in [0, 0.05) is 12.0 Å². The Labute approximate surface area is 88.0 Å². The van der Waals surface area contributed by atoms with Crippen LogP contribution in [0.15, 0.2) is 24.3 Å². The summed E-state index contributed by atoms with van der Waals surface area (Å²) in [7, 11) is 0. The van der Waals surface area contributed by atoms with E-state index in [0.717, 1.165) is 0 Å². The summed E-state index contributed by atoms with van der Waals surface area (Å²) in [6.07, 6.45) is 0.466. The molecule has 0 amide bonds. The van der Waals surface area contributed by atoms with Gasteiger partial charge in [0.15, 0.2) is 5.79 Å². The first-order valence-corrected chi connectivity index (χ1v) is 5.01. The van der Waals surface area contributed by atoms with Crippen LogP contribution in [0.5, 0.6) is 0 Å². The zero-order chi connectivity index (χ0) is 10.7. The fourth-order valence-corrected chi connectivity index (χ4v) is 1.85. The highest BCUT2D eigenvalue weighted by Gasteiger charge is 2.39. The van der Waals surface area contributed by atoms with Crippen molar-refractivity contribution in [3.63, 3.8) is 0 Å². The minimum Gasteiger partial charge on any atom is -0.343 e. The van der Waals surface area contributed by atoms with Gasteiger partial charge in [-0.25, -0.2) is 4.39 Å². The van der Waals surface area contributed by atoms with E-state index >= 15 is 0 Å². The molecule has 0 spiro atoms. The minimum absolute atomic E-state index is 0.312. The van der Waals surface area contributed by atoms with Crippen LogP contribution >= 0.6 is 0 Å². The summed E-state index contributed by atoms with van der Waals surface area (Å²) in [4.78, 5) is 0. The summed E-state index contributed by atoms with van der Waals surface area (Å²) in [5.41, 5.74) is 5.94. The predicted octanol–water partition coefficient (Wildman–Crippen LogP) is 1.37. The number of ether oxygens (including phenoxy) is 2. The van der Waals surface area contributed by atoms with E-state index in [0.29, 0.717) is 31.7 Å². The summed E-state index contributed by atoms with van der Waals surface area (Å²) >= 11 is 0. The number of rotatable bonds is 3. The van der Waals surface area contributed by atoms with Crippen LogP contribution in [0.1, 0.15) is 12.0 Å². The highest BCUT2D eigenvalue weighted by atomic mass is 19.1. The van der Waals surface area contributed by atoms with Crippen LogP contribution in [0.3, 0.4) is 0 Å². The Morgan fingerprint density at radius 2 is 1.93 bits per heavy atom. The summed E-state index contributed by atoms with van der Waals surface area (Å²) in [5.74, 6) is -1.28. The Hall–Kier alpha value is -0.970.